The van der Waals surface area contributed by atoms with Crippen molar-refractivity contribution in [1.82, 2.24) is 10.6 Å². The summed E-state index contributed by atoms with van der Waals surface area (Å²) in [5, 5.41) is 6.75. The zero-order valence-electron chi connectivity index (χ0n) is 17.5. The van der Waals surface area contributed by atoms with Gasteiger partial charge in [-0.15, -0.1) is 0 Å². The van der Waals surface area contributed by atoms with E-state index in [0.29, 0.717) is 6.54 Å². The van der Waals surface area contributed by atoms with Crippen molar-refractivity contribution >= 4 is 23.4 Å². The average molecular weight is 413 g/mol. The zero-order valence-corrected chi connectivity index (χ0v) is 18.3. The van der Waals surface area contributed by atoms with Crippen LogP contribution in [0.1, 0.15) is 18.1 Å². The second-order valence-electron chi connectivity index (χ2n) is 6.95. The van der Waals surface area contributed by atoms with Crippen molar-refractivity contribution in [2.75, 3.05) is 49.7 Å². The predicted octanol–water partition coefficient (Wildman–Crippen LogP) is 3.55. The third-order valence-corrected chi connectivity index (χ3v) is 5.90. The molecule has 2 N–H and O–H groups in total. The molecule has 0 aliphatic carbocycles. The second-order valence-corrected chi connectivity index (χ2v) is 8.17. The lowest BCUT2D eigenvalue weighted by atomic mass is 10.1. The van der Waals surface area contributed by atoms with Gasteiger partial charge in [0.25, 0.3) is 0 Å². The van der Waals surface area contributed by atoms with Crippen LogP contribution in [0.4, 0.5) is 5.69 Å². The molecule has 0 aromatic heterocycles. The molecular formula is C23H32N4OS. The first kappa shape index (κ1) is 21.4. The molecule has 0 bridgehead atoms. The molecule has 1 aliphatic rings. The molecule has 1 fully saturated rings. The molecule has 0 saturated carbocycles. The average Bonchev–Trinajstić information content (AvgIpc) is 2.78. The van der Waals surface area contributed by atoms with Crippen molar-refractivity contribution in [3.8, 4) is 5.75 Å². The highest BCUT2D eigenvalue weighted by molar-refractivity contribution is 7.99. The molecule has 6 heteroatoms. The van der Waals surface area contributed by atoms with Crippen molar-refractivity contribution in [3.63, 3.8) is 0 Å². The molecule has 2 aromatic carbocycles. The maximum Gasteiger partial charge on any atom is 0.191 e. The lowest BCUT2D eigenvalue weighted by Gasteiger charge is -2.28. The largest absolute Gasteiger partial charge is 0.496 e. The first-order valence-electron chi connectivity index (χ1n) is 10.4. The summed E-state index contributed by atoms with van der Waals surface area (Å²) in [7, 11) is 1.72. The van der Waals surface area contributed by atoms with Gasteiger partial charge in [0.05, 0.1) is 13.7 Å². The Balaban J connectivity index is 1.53. The first-order chi connectivity index (χ1) is 14.3. The third-order valence-electron chi connectivity index (χ3n) is 4.96. The minimum Gasteiger partial charge on any atom is -0.496 e. The molecule has 156 valence electrons. The molecule has 0 radical (unpaired) electrons. The van der Waals surface area contributed by atoms with Crippen LogP contribution in [0.3, 0.4) is 0 Å². The van der Waals surface area contributed by atoms with E-state index in [9.17, 15) is 0 Å². The number of hydrogen-bond acceptors (Lipinski definition) is 4. The van der Waals surface area contributed by atoms with E-state index >= 15 is 0 Å². The molecule has 0 amide bonds. The summed E-state index contributed by atoms with van der Waals surface area (Å²) in [5.41, 5.74) is 3.74. The van der Waals surface area contributed by atoms with E-state index in [4.69, 9.17) is 9.73 Å². The van der Waals surface area contributed by atoms with Crippen LogP contribution in [-0.2, 0) is 13.0 Å². The smallest absolute Gasteiger partial charge is 0.191 e. The Morgan fingerprint density at radius 3 is 2.55 bits per heavy atom. The van der Waals surface area contributed by atoms with Crippen molar-refractivity contribution in [2.45, 2.75) is 19.9 Å². The van der Waals surface area contributed by atoms with Crippen LogP contribution >= 0.6 is 11.8 Å². The van der Waals surface area contributed by atoms with Crippen LogP contribution in [0.25, 0.3) is 0 Å². The lowest BCUT2D eigenvalue weighted by Crippen LogP contribution is -2.38. The number of aliphatic imine (C=N–C) groups is 1. The number of anilines is 1. The predicted molar refractivity (Wildman–Crippen MR) is 125 cm³/mol. The summed E-state index contributed by atoms with van der Waals surface area (Å²) in [5.74, 6) is 4.22. The summed E-state index contributed by atoms with van der Waals surface area (Å²) < 4.78 is 5.43. The van der Waals surface area contributed by atoms with Crippen molar-refractivity contribution in [2.24, 2.45) is 4.99 Å². The van der Waals surface area contributed by atoms with Crippen LogP contribution < -0.4 is 20.3 Å². The summed E-state index contributed by atoms with van der Waals surface area (Å²) in [6.45, 7) is 6.68. The van der Waals surface area contributed by atoms with Crippen LogP contribution in [0.2, 0.25) is 0 Å². The van der Waals surface area contributed by atoms with Gasteiger partial charge in [-0.2, -0.15) is 11.8 Å². The molecule has 29 heavy (non-hydrogen) atoms. The van der Waals surface area contributed by atoms with E-state index < -0.39 is 0 Å². The minimum absolute atomic E-state index is 0.667. The number of nitrogens with one attached hydrogen (secondary N) is 2. The van der Waals surface area contributed by atoms with E-state index in [-0.39, 0.29) is 0 Å². The number of thioether (sulfide) groups is 1. The summed E-state index contributed by atoms with van der Waals surface area (Å²) >= 11 is 2.04. The normalized spacial score (nSPS) is 14.6. The third kappa shape index (κ3) is 6.60. The van der Waals surface area contributed by atoms with E-state index in [1.165, 1.54) is 28.3 Å². The van der Waals surface area contributed by atoms with Crippen LogP contribution in [0.15, 0.2) is 53.5 Å². The molecular weight excluding hydrogens is 380 g/mol. The van der Waals surface area contributed by atoms with Crippen molar-refractivity contribution < 1.29 is 4.74 Å². The number of ether oxygens (including phenoxy) is 1. The Labute approximate surface area is 178 Å². The van der Waals surface area contributed by atoms with Gasteiger partial charge < -0.3 is 20.3 Å². The Hall–Kier alpha value is -2.34. The van der Waals surface area contributed by atoms with Gasteiger partial charge in [-0.05, 0) is 42.7 Å². The highest BCUT2D eigenvalue weighted by Gasteiger charge is 2.10. The number of hydrogen-bond donors (Lipinski definition) is 2. The SMILES string of the molecule is CCNC(=NCc1ccc(N2CCSCC2)cc1)NCCc1ccccc1OC. The lowest BCUT2D eigenvalue weighted by molar-refractivity contribution is 0.409. The number of nitrogens with zero attached hydrogens (tertiary/aromatic N) is 2. The molecule has 1 heterocycles. The van der Waals surface area contributed by atoms with Crippen LogP contribution in [0.5, 0.6) is 5.75 Å². The number of guanidine groups is 1. The fourth-order valence-corrected chi connectivity index (χ4v) is 4.27. The molecule has 0 unspecified atom stereocenters. The highest BCUT2D eigenvalue weighted by atomic mass is 32.2. The first-order valence-corrected chi connectivity index (χ1v) is 11.5. The summed E-state index contributed by atoms with van der Waals surface area (Å²) in [4.78, 5) is 7.21. The molecule has 1 aliphatic heterocycles. The molecule has 1 saturated heterocycles. The fourth-order valence-electron chi connectivity index (χ4n) is 3.37. The Bertz CT molecular complexity index is 773. The monoisotopic (exact) mass is 412 g/mol. The molecule has 0 atom stereocenters. The Kier molecular flexibility index (Phi) is 8.56. The maximum atomic E-state index is 5.43. The fraction of sp³-hybridized carbons (Fsp3) is 0.435. The van der Waals surface area contributed by atoms with Gasteiger partial charge in [-0.25, -0.2) is 4.99 Å². The topological polar surface area (TPSA) is 48.9 Å². The van der Waals surface area contributed by atoms with Gasteiger partial charge in [0.1, 0.15) is 5.75 Å². The van der Waals surface area contributed by atoms with Crippen LogP contribution in [0, 0.1) is 0 Å². The van der Waals surface area contributed by atoms with E-state index in [2.05, 4.69) is 52.8 Å². The number of para-hydroxylation sites is 1. The van der Waals surface area contributed by atoms with E-state index in [1.54, 1.807) is 7.11 Å². The molecule has 0 spiro atoms. The maximum absolute atomic E-state index is 5.43. The second kappa shape index (κ2) is 11.6. The summed E-state index contributed by atoms with van der Waals surface area (Å²) in [6.07, 6.45) is 0.886. The van der Waals surface area contributed by atoms with E-state index in [0.717, 1.165) is 44.3 Å². The Morgan fingerprint density at radius 2 is 1.83 bits per heavy atom. The molecule has 2 aromatic rings. The van der Waals surface area contributed by atoms with Crippen molar-refractivity contribution in [3.05, 3.63) is 59.7 Å². The summed E-state index contributed by atoms with van der Waals surface area (Å²) in [6, 6.07) is 17.0. The standard InChI is InChI=1S/C23H32N4OS/c1-3-24-23(25-13-12-20-6-4-5-7-22(20)28-2)26-18-19-8-10-21(11-9-19)27-14-16-29-17-15-27/h4-11H,3,12-18H2,1-2H3,(H2,24,25,26). The quantitative estimate of drug-likeness (QED) is 0.513. The van der Waals surface area contributed by atoms with Crippen LogP contribution in [-0.4, -0.2) is 50.8 Å². The van der Waals surface area contributed by atoms with Gasteiger partial charge in [0.15, 0.2) is 5.96 Å². The van der Waals surface area contributed by atoms with Gasteiger partial charge in [-0.3, -0.25) is 0 Å². The highest BCUT2D eigenvalue weighted by Crippen LogP contribution is 2.20. The minimum atomic E-state index is 0.667. The van der Waals surface area contributed by atoms with Gasteiger partial charge in [0.2, 0.25) is 0 Å². The number of methoxy groups -OCH3 is 1. The molecule has 3 rings (SSSR count). The number of benzene rings is 2. The number of rotatable bonds is 8. The van der Waals surface area contributed by atoms with E-state index in [1.807, 2.05) is 30.0 Å². The Morgan fingerprint density at radius 1 is 1.07 bits per heavy atom. The molecule has 5 nitrogen and oxygen atoms in total. The van der Waals surface area contributed by atoms with Gasteiger partial charge in [0, 0.05) is 43.4 Å². The van der Waals surface area contributed by atoms with Gasteiger partial charge in [-0.1, -0.05) is 30.3 Å². The zero-order chi connectivity index (χ0) is 20.3. The van der Waals surface area contributed by atoms with Gasteiger partial charge >= 0.3 is 0 Å². The van der Waals surface area contributed by atoms with Crippen molar-refractivity contribution in [1.29, 1.82) is 0 Å².